The summed E-state index contributed by atoms with van der Waals surface area (Å²) < 4.78 is 1.15. The zero-order chi connectivity index (χ0) is 14.4. The van der Waals surface area contributed by atoms with Crippen LogP contribution in [0.4, 0.5) is 5.69 Å². The van der Waals surface area contributed by atoms with Crippen LogP contribution < -0.4 is 5.32 Å². The van der Waals surface area contributed by atoms with Crippen molar-refractivity contribution in [3.05, 3.63) is 75.8 Å². The molecule has 1 nitrogen and oxygen atoms in total. The average molecular weight is 340 g/mol. The third kappa shape index (κ3) is 2.13. The SMILES string of the molecule is Cc1cccc2c1N[C@H](c1cccc(Br)c1)[C@H]1CC=C[C@@H]21. The van der Waals surface area contributed by atoms with E-state index < -0.39 is 0 Å². The number of halogens is 1. The van der Waals surface area contributed by atoms with E-state index in [1.807, 2.05) is 0 Å². The van der Waals surface area contributed by atoms with Gasteiger partial charge < -0.3 is 5.32 Å². The summed E-state index contributed by atoms with van der Waals surface area (Å²) in [6.45, 7) is 2.20. The molecular formula is C19H18BrN. The van der Waals surface area contributed by atoms with Gasteiger partial charge in [0.2, 0.25) is 0 Å². The minimum absolute atomic E-state index is 0.385. The number of hydrogen-bond donors (Lipinski definition) is 1. The van der Waals surface area contributed by atoms with Crippen molar-refractivity contribution < 1.29 is 0 Å². The zero-order valence-corrected chi connectivity index (χ0v) is 13.6. The summed E-state index contributed by atoms with van der Waals surface area (Å²) in [5, 5.41) is 3.82. The Kier molecular flexibility index (Phi) is 3.15. The van der Waals surface area contributed by atoms with E-state index >= 15 is 0 Å². The Morgan fingerprint density at radius 2 is 2.00 bits per heavy atom. The summed E-state index contributed by atoms with van der Waals surface area (Å²) in [4.78, 5) is 0. The van der Waals surface area contributed by atoms with Crippen LogP contribution in [0.3, 0.4) is 0 Å². The summed E-state index contributed by atoms with van der Waals surface area (Å²) in [5.41, 5.74) is 5.50. The van der Waals surface area contributed by atoms with Gasteiger partial charge in [-0.2, -0.15) is 0 Å². The van der Waals surface area contributed by atoms with Gasteiger partial charge in [-0.05, 0) is 48.1 Å². The number of anilines is 1. The maximum Gasteiger partial charge on any atom is 0.0554 e. The first-order valence-electron chi connectivity index (χ1n) is 7.52. The van der Waals surface area contributed by atoms with E-state index in [-0.39, 0.29) is 0 Å². The van der Waals surface area contributed by atoms with E-state index in [0.29, 0.717) is 17.9 Å². The van der Waals surface area contributed by atoms with Crippen molar-refractivity contribution in [2.75, 3.05) is 5.32 Å². The minimum atomic E-state index is 0.385. The molecule has 1 heterocycles. The van der Waals surface area contributed by atoms with Crippen LogP contribution in [0.2, 0.25) is 0 Å². The smallest absolute Gasteiger partial charge is 0.0554 e. The molecule has 1 N–H and O–H groups in total. The molecule has 4 rings (SSSR count). The van der Waals surface area contributed by atoms with Crippen molar-refractivity contribution in [2.24, 2.45) is 5.92 Å². The quantitative estimate of drug-likeness (QED) is 0.668. The van der Waals surface area contributed by atoms with Gasteiger partial charge in [0.25, 0.3) is 0 Å². The molecule has 1 aliphatic carbocycles. The average Bonchev–Trinajstić information content (AvgIpc) is 2.96. The highest BCUT2D eigenvalue weighted by atomic mass is 79.9. The van der Waals surface area contributed by atoms with E-state index in [1.165, 1.54) is 22.4 Å². The van der Waals surface area contributed by atoms with Crippen molar-refractivity contribution in [2.45, 2.75) is 25.3 Å². The molecule has 21 heavy (non-hydrogen) atoms. The van der Waals surface area contributed by atoms with E-state index in [2.05, 4.69) is 82.8 Å². The predicted octanol–water partition coefficient (Wildman–Crippen LogP) is 5.58. The number of para-hydroxylation sites is 1. The number of allylic oxidation sites excluding steroid dienone is 2. The fraction of sp³-hybridized carbons (Fsp3) is 0.263. The van der Waals surface area contributed by atoms with Gasteiger partial charge in [-0.25, -0.2) is 0 Å². The van der Waals surface area contributed by atoms with Gasteiger partial charge in [-0.1, -0.05) is 58.4 Å². The Morgan fingerprint density at radius 1 is 1.14 bits per heavy atom. The molecule has 0 spiro atoms. The molecule has 2 aromatic rings. The van der Waals surface area contributed by atoms with Crippen LogP contribution in [0, 0.1) is 12.8 Å². The molecule has 2 aromatic carbocycles. The molecule has 0 unspecified atom stereocenters. The predicted molar refractivity (Wildman–Crippen MR) is 91.7 cm³/mol. The van der Waals surface area contributed by atoms with Crippen LogP contribution in [0.1, 0.15) is 35.1 Å². The highest BCUT2D eigenvalue weighted by Crippen LogP contribution is 2.50. The number of aryl methyl sites for hydroxylation is 1. The van der Waals surface area contributed by atoms with Gasteiger partial charge in [0.15, 0.2) is 0 Å². The number of rotatable bonds is 1. The molecule has 0 saturated carbocycles. The number of benzene rings is 2. The van der Waals surface area contributed by atoms with Crippen molar-refractivity contribution >= 4 is 21.6 Å². The summed E-state index contributed by atoms with van der Waals surface area (Å²) in [5.74, 6) is 1.17. The second-order valence-corrected chi connectivity index (χ2v) is 6.99. The standard InChI is InChI=1S/C19H18BrN/c1-12-5-2-9-16-15-8-4-10-17(15)19(21-18(12)16)13-6-3-7-14(20)11-13/h2-9,11,15,17,19,21H,10H2,1H3/t15-,17-,19+/m0/s1. The normalized spacial score (nSPS) is 26.1. The van der Waals surface area contributed by atoms with Gasteiger partial charge in [0.05, 0.1) is 6.04 Å². The van der Waals surface area contributed by atoms with E-state index in [9.17, 15) is 0 Å². The molecule has 1 aliphatic heterocycles. The highest BCUT2D eigenvalue weighted by molar-refractivity contribution is 9.10. The Balaban J connectivity index is 1.83. The van der Waals surface area contributed by atoms with Crippen molar-refractivity contribution in [1.82, 2.24) is 0 Å². The lowest BCUT2D eigenvalue weighted by Crippen LogP contribution is -2.29. The Labute approximate surface area is 134 Å². The lowest BCUT2D eigenvalue weighted by atomic mass is 9.76. The Bertz CT molecular complexity index is 719. The summed E-state index contributed by atoms with van der Waals surface area (Å²) >= 11 is 3.60. The van der Waals surface area contributed by atoms with Crippen LogP contribution in [0.5, 0.6) is 0 Å². The van der Waals surface area contributed by atoms with E-state index in [4.69, 9.17) is 0 Å². The van der Waals surface area contributed by atoms with E-state index in [0.717, 1.165) is 10.9 Å². The van der Waals surface area contributed by atoms with Crippen LogP contribution in [-0.4, -0.2) is 0 Å². The molecular weight excluding hydrogens is 322 g/mol. The van der Waals surface area contributed by atoms with Gasteiger partial charge >= 0.3 is 0 Å². The lowest BCUT2D eigenvalue weighted by molar-refractivity contribution is 0.425. The first-order valence-corrected chi connectivity index (χ1v) is 8.31. The van der Waals surface area contributed by atoms with Gasteiger partial charge in [-0.15, -0.1) is 0 Å². The summed E-state index contributed by atoms with van der Waals surface area (Å²) in [6, 6.07) is 15.7. The topological polar surface area (TPSA) is 12.0 Å². The van der Waals surface area contributed by atoms with Gasteiger partial charge in [0, 0.05) is 16.1 Å². The fourth-order valence-electron chi connectivity index (χ4n) is 3.81. The van der Waals surface area contributed by atoms with Gasteiger partial charge in [-0.3, -0.25) is 0 Å². The third-order valence-corrected chi connectivity index (χ3v) is 5.31. The maximum absolute atomic E-state index is 3.82. The second kappa shape index (κ2) is 5.03. The molecule has 106 valence electrons. The molecule has 0 bridgehead atoms. The second-order valence-electron chi connectivity index (χ2n) is 6.07. The van der Waals surface area contributed by atoms with Crippen LogP contribution in [-0.2, 0) is 0 Å². The monoisotopic (exact) mass is 339 g/mol. The molecule has 0 amide bonds. The zero-order valence-electron chi connectivity index (χ0n) is 12.0. The summed E-state index contributed by atoms with van der Waals surface area (Å²) in [7, 11) is 0. The largest absolute Gasteiger partial charge is 0.377 e. The maximum atomic E-state index is 3.82. The van der Waals surface area contributed by atoms with Crippen molar-refractivity contribution in [1.29, 1.82) is 0 Å². The fourth-order valence-corrected chi connectivity index (χ4v) is 4.22. The van der Waals surface area contributed by atoms with Gasteiger partial charge in [0.1, 0.15) is 0 Å². The van der Waals surface area contributed by atoms with E-state index in [1.54, 1.807) is 0 Å². The summed E-state index contributed by atoms with van der Waals surface area (Å²) in [6.07, 6.45) is 5.90. The first-order chi connectivity index (χ1) is 10.2. The number of fused-ring (bicyclic) bond motifs is 3. The molecule has 0 saturated heterocycles. The molecule has 2 aliphatic rings. The molecule has 0 fully saturated rings. The molecule has 2 heteroatoms. The molecule has 0 radical (unpaired) electrons. The van der Waals surface area contributed by atoms with Crippen LogP contribution in [0.15, 0.2) is 59.1 Å². The van der Waals surface area contributed by atoms with Crippen LogP contribution in [0.25, 0.3) is 0 Å². The van der Waals surface area contributed by atoms with Crippen molar-refractivity contribution in [3.63, 3.8) is 0 Å². The lowest BCUT2D eigenvalue weighted by Gasteiger charge is -2.38. The molecule has 3 atom stereocenters. The Hall–Kier alpha value is -1.54. The third-order valence-electron chi connectivity index (χ3n) is 4.81. The minimum Gasteiger partial charge on any atom is -0.377 e. The van der Waals surface area contributed by atoms with Crippen molar-refractivity contribution in [3.8, 4) is 0 Å². The molecule has 0 aromatic heterocycles. The highest BCUT2D eigenvalue weighted by Gasteiger charge is 2.38. The van der Waals surface area contributed by atoms with Crippen LogP contribution >= 0.6 is 15.9 Å². The Morgan fingerprint density at radius 3 is 2.86 bits per heavy atom. The number of nitrogens with one attached hydrogen (secondary N) is 1. The number of hydrogen-bond acceptors (Lipinski definition) is 1. The first kappa shape index (κ1) is 13.1.